The van der Waals surface area contributed by atoms with Crippen molar-refractivity contribution in [3.05, 3.63) is 12.7 Å². The Morgan fingerprint density at radius 2 is 1.64 bits per heavy atom. The Balaban J connectivity index is 3.87. The third-order valence-electron chi connectivity index (χ3n) is 3.05. The van der Waals surface area contributed by atoms with E-state index in [-0.39, 0.29) is 24.1 Å². The van der Waals surface area contributed by atoms with Gasteiger partial charge >= 0.3 is 11.9 Å². The maximum Gasteiger partial charge on any atom is 0.330 e. The highest BCUT2D eigenvalue weighted by atomic mass is 16.5. The number of rotatable bonds is 12. The molecule has 0 spiro atoms. The second-order valence-corrected chi connectivity index (χ2v) is 5.91. The van der Waals surface area contributed by atoms with Crippen molar-refractivity contribution in [2.45, 2.75) is 52.9 Å². The zero-order valence-electron chi connectivity index (χ0n) is 13.9. The minimum Gasteiger partial charge on any atom is -0.466 e. The molecule has 0 N–H and O–H groups in total. The first-order valence-electron chi connectivity index (χ1n) is 7.79. The molecule has 126 valence electrons. The van der Waals surface area contributed by atoms with Crippen LogP contribution in [0.1, 0.15) is 52.9 Å². The molecule has 0 aliphatic rings. The van der Waals surface area contributed by atoms with Crippen LogP contribution in [0, 0.1) is 11.8 Å². The van der Waals surface area contributed by atoms with Crippen molar-refractivity contribution in [3.8, 4) is 0 Å². The van der Waals surface area contributed by atoms with E-state index in [9.17, 15) is 14.4 Å². The quantitative estimate of drug-likeness (QED) is 0.315. The number of esters is 2. The molecule has 1 unspecified atom stereocenters. The highest BCUT2D eigenvalue weighted by Crippen LogP contribution is 2.20. The van der Waals surface area contributed by atoms with Gasteiger partial charge < -0.3 is 14.3 Å². The third kappa shape index (κ3) is 12.1. The van der Waals surface area contributed by atoms with Crippen LogP contribution < -0.4 is 0 Å². The fraction of sp³-hybridized carbons (Fsp3) is 0.706. The minimum atomic E-state index is -0.447. The Kier molecular flexibility index (Phi) is 11.1. The summed E-state index contributed by atoms with van der Waals surface area (Å²) in [5, 5.41) is 0. The molecule has 0 bridgehead atoms. The number of carbonyl (C=O) groups excluding carboxylic acids is 3. The molecular weight excluding hydrogens is 284 g/mol. The summed E-state index contributed by atoms with van der Waals surface area (Å²) in [5.74, 6) is -0.120. The molecule has 0 radical (unpaired) electrons. The van der Waals surface area contributed by atoms with Crippen molar-refractivity contribution in [2.24, 2.45) is 11.8 Å². The number of unbranched alkanes of at least 4 members (excludes halogenated alkanes) is 1. The Bertz CT molecular complexity index is 373. The summed E-state index contributed by atoms with van der Waals surface area (Å²) < 4.78 is 9.97. The van der Waals surface area contributed by atoms with Gasteiger partial charge in [-0.3, -0.25) is 4.79 Å². The van der Waals surface area contributed by atoms with E-state index in [0.717, 1.165) is 12.5 Å². The first-order chi connectivity index (χ1) is 10.3. The summed E-state index contributed by atoms with van der Waals surface area (Å²) in [6.45, 7) is 9.59. The number of ketones is 1. The number of Topliss-reactive ketones (excluding diaryl/α,β-unsaturated/α-hetero) is 1. The van der Waals surface area contributed by atoms with Gasteiger partial charge in [-0.2, -0.15) is 0 Å². The van der Waals surface area contributed by atoms with E-state index in [2.05, 4.69) is 20.4 Å². The highest BCUT2D eigenvalue weighted by Gasteiger charge is 2.18. The average molecular weight is 312 g/mol. The molecule has 0 aromatic heterocycles. The Labute approximate surface area is 133 Å². The molecule has 0 fully saturated rings. The summed E-state index contributed by atoms with van der Waals surface area (Å²) in [4.78, 5) is 33.8. The van der Waals surface area contributed by atoms with Gasteiger partial charge in [0, 0.05) is 18.9 Å². The van der Waals surface area contributed by atoms with Crippen molar-refractivity contribution in [2.75, 3.05) is 13.2 Å². The smallest absolute Gasteiger partial charge is 0.330 e. The van der Waals surface area contributed by atoms with Crippen molar-refractivity contribution in [1.29, 1.82) is 0 Å². The van der Waals surface area contributed by atoms with Gasteiger partial charge in [-0.15, -0.1) is 0 Å². The predicted octanol–water partition coefficient (Wildman–Crippen LogP) is 3.07. The molecule has 1 atom stereocenters. The first kappa shape index (κ1) is 20.3. The van der Waals surface area contributed by atoms with E-state index in [0.29, 0.717) is 38.4 Å². The second-order valence-electron chi connectivity index (χ2n) is 5.91. The molecule has 0 rings (SSSR count). The summed E-state index contributed by atoms with van der Waals surface area (Å²) in [7, 11) is 0. The zero-order valence-corrected chi connectivity index (χ0v) is 13.9. The highest BCUT2D eigenvalue weighted by molar-refractivity contribution is 5.81. The molecule has 0 heterocycles. The number of hydrogen-bond acceptors (Lipinski definition) is 5. The van der Waals surface area contributed by atoms with E-state index >= 15 is 0 Å². The maximum atomic E-state index is 11.8. The van der Waals surface area contributed by atoms with Gasteiger partial charge in [0.2, 0.25) is 0 Å². The standard InChI is InChI=1S/C17H28O5/c1-5-16(19)21-8-6-7-9-22-17(20)12-15(10-13(2)3)11-14(4)18/h5,13,15H,1,6-12H2,2-4H3. The molecule has 5 nitrogen and oxygen atoms in total. The molecule has 0 saturated heterocycles. The van der Waals surface area contributed by atoms with Crippen LogP contribution in [0.25, 0.3) is 0 Å². The summed E-state index contributed by atoms with van der Waals surface area (Å²) in [6.07, 6.45) is 3.93. The molecular formula is C17H28O5. The van der Waals surface area contributed by atoms with Crippen LogP contribution in [0.5, 0.6) is 0 Å². The number of ether oxygens (including phenoxy) is 2. The van der Waals surface area contributed by atoms with Crippen LogP contribution >= 0.6 is 0 Å². The lowest BCUT2D eigenvalue weighted by molar-refractivity contribution is -0.145. The molecule has 0 saturated carbocycles. The topological polar surface area (TPSA) is 69.7 Å². The minimum absolute atomic E-state index is 0.0542. The number of hydrogen-bond donors (Lipinski definition) is 0. The van der Waals surface area contributed by atoms with Crippen molar-refractivity contribution >= 4 is 17.7 Å². The zero-order chi connectivity index (χ0) is 17.0. The van der Waals surface area contributed by atoms with Crippen LogP contribution in [0.15, 0.2) is 12.7 Å². The van der Waals surface area contributed by atoms with Crippen molar-refractivity contribution in [1.82, 2.24) is 0 Å². The van der Waals surface area contributed by atoms with Crippen LogP contribution in [-0.2, 0) is 23.9 Å². The predicted molar refractivity (Wildman–Crippen MR) is 84.2 cm³/mol. The monoisotopic (exact) mass is 312 g/mol. The van der Waals surface area contributed by atoms with Crippen LogP contribution in [0.2, 0.25) is 0 Å². The largest absolute Gasteiger partial charge is 0.466 e. The first-order valence-corrected chi connectivity index (χ1v) is 7.79. The molecule has 0 amide bonds. The lowest BCUT2D eigenvalue weighted by atomic mass is 9.90. The Morgan fingerprint density at radius 3 is 2.14 bits per heavy atom. The van der Waals surface area contributed by atoms with E-state index < -0.39 is 5.97 Å². The van der Waals surface area contributed by atoms with Crippen molar-refractivity contribution < 1.29 is 23.9 Å². The molecule has 0 aromatic rings. The van der Waals surface area contributed by atoms with Crippen molar-refractivity contribution in [3.63, 3.8) is 0 Å². The maximum absolute atomic E-state index is 11.8. The van der Waals surface area contributed by atoms with Gasteiger partial charge in [0.1, 0.15) is 5.78 Å². The fourth-order valence-corrected chi connectivity index (χ4v) is 2.23. The van der Waals surface area contributed by atoms with Gasteiger partial charge in [-0.1, -0.05) is 20.4 Å². The van der Waals surface area contributed by atoms with Crippen LogP contribution in [0.4, 0.5) is 0 Å². The summed E-state index contributed by atoms with van der Waals surface area (Å²) >= 11 is 0. The lowest BCUT2D eigenvalue weighted by Crippen LogP contribution is -2.16. The summed E-state index contributed by atoms with van der Waals surface area (Å²) in [5.41, 5.74) is 0. The van der Waals surface area contributed by atoms with Gasteiger partial charge in [0.25, 0.3) is 0 Å². The summed E-state index contributed by atoms with van der Waals surface area (Å²) in [6, 6.07) is 0. The van der Waals surface area contributed by atoms with E-state index in [1.54, 1.807) is 6.92 Å². The molecule has 0 aliphatic heterocycles. The molecule has 0 aromatic carbocycles. The Hall–Kier alpha value is -1.65. The second kappa shape index (κ2) is 12.0. The van der Waals surface area contributed by atoms with Crippen LogP contribution in [0.3, 0.4) is 0 Å². The van der Waals surface area contributed by atoms with Gasteiger partial charge in [0.15, 0.2) is 0 Å². The molecule has 5 heteroatoms. The third-order valence-corrected chi connectivity index (χ3v) is 3.05. The average Bonchev–Trinajstić information content (AvgIpc) is 2.40. The van der Waals surface area contributed by atoms with Gasteiger partial charge in [0.05, 0.1) is 13.2 Å². The molecule has 0 aliphatic carbocycles. The fourth-order valence-electron chi connectivity index (χ4n) is 2.23. The number of carbonyl (C=O) groups is 3. The van der Waals surface area contributed by atoms with E-state index in [1.165, 1.54) is 0 Å². The molecule has 22 heavy (non-hydrogen) atoms. The van der Waals surface area contributed by atoms with Gasteiger partial charge in [-0.05, 0) is 38.0 Å². The SMILES string of the molecule is C=CC(=O)OCCCCOC(=O)CC(CC(C)=O)CC(C)C. The van der Waals surface area contributed by atoms with E-state index in [4.69, 9.17) is 9.47 Å². The van der Waals surface area contributed by atoms with E-state index in [1.807, 2.05) is 0 Å². The normalized spacial score (nSPS) is 11.8. The van der Waals surface area contributed by atoms with Gasteiger partial charge in [-0.25, -0.2) is 4.79 Å². The Morgan fingerprint density at radius 1 is 1.05 bits per heavy atom. The van der Waals surface area contributed by atoms with Crippen LogP contribution in [-0.4, -0.2) is 30.9 Å². The lowest BCUT2D eigenvalue weighted by Gasteiger charge is -2.17.